The molecule has 0 radical (unpaired) electrons. The van der Waals surface area contributed by atoms with E-state index in [0.717, 1.165) is 21.9 Å². The standard InChI is InChI=1S/C26H31F3N8O10/c27-26(28,29)18-10-21(47-8-3-31-34-30)33-19-9-16(1-2-17(18)19)32-20(38)11-36(13-23(41)42)6-4-35(12-22(39)40)5-7-37(14-24(43)44)15-25(45)46/h1-2,9-10H,3-8,11-15H2,(H,32,38)(H,39,40)(H,41,42)(H,43,44)(H,45,46). The lowest BCUT2D eigenvalue weighted by Crippen LogP contribution is -2.46. The number of alkyl halides is 3. The highest BCUT2D eigenvalue weighted by molar-refractivity contribution is 5.95. The second-order valence-corrected chi connectivity index (χ2v) is 9.86. The van der Waals surface area contributed by atoms with Gasteiger partial charge in [-0.2, -0.15) is 13.2 Å². The second-order valence-electron chi connectivity index (χ2n) is 9.86. The Balaban J connectivity index is 2.17. The van der Waals surface area contributed by atoms with Crippen LogP contribution >= 0.6 is 0 Å². The summed E-state index contributed by atoms with van der Waals surface area (Å²) in [5.74, 6) is -6.35. The van der Waals surface area contributed by atoms with E-state index in [1.165, 1.54) is 11.0 Å². The van der Waals surface area contributed by atoms with Gasteiger partial charge in [-0.3, -0.25) is 38.7 Å². The first kappa shape index (κ1) is 37.9. The van der Waals surface area contributed by atoms with Crippen molar-refractivity contribution in [2.45, 2.75) is 6.18 Å². The first-order chi connectivity index (χ1) is 22.1. The largest absolute Gasteiger partial charge is 0.480 e. The lowest BCUT2D eigenvalue weighted by Gasteiger charge is -2.27. The fraction of sp³-hybridized carbons (Fsp3) is 0.462. The van der Waals surface area contributed by atoms with E-state index in [1.54, 1.807) is 0 Å². The Morgan fingerprint density at radius 2 is 1.34 bits per heavy atom. The molecule has 0 spiro atoms. The van der Waals surface area contributed by atoms with Crippen LogP contribution in [0.15, 0.2) is 29.4 Å². The molecule has 21 heteroatoms. The fourth-order valence-corrected chi connectivity index (χ4v) is 4.26. The van der Waals surface area contributed by atoms with E-state index in [4.69, 9.17) is 20.5 Å². The van der Waals surface area contributed by atoms with Crippen LogP contribution in [0.1, 0.15) is 5.56 Å². The van der Waals surface area contributed by atoms with Crippen molar-refractivity contribution in [2.24, 2.45) is 5.11 Å². The van der Waals surface area contributed by atoms with Crippen LogP contribution in [-0.2, 0) is 30.1 Å². The molecule has 5 N–H and O–H groups in total. The number of halogens is 3. The van der Waals surface area contributed by atoms with Gasteiger partial charge in [0.15, 0.2) is 0 Å². The zero-order valence-corrected chi connectivity index (χ0v) is 24.6. The quantitative estimate of drug-likeness (QED) is 0.0539. The van der Waals surface area contributed by atoms with Gasteiger partial charge < -0.3 is 30.5 Å². The number of benzene rings is 1. The van der Waals surface area contributed by atoms with E-state index in [1.807, 2.05) is 0 Å². The highest BCUT2D eigenvalue weighted by Crippen LogP contribution is 2.37. The van der Waals surface area contributed by atoms with Gasteiger partial charge in [-0.1, -0.05) is 11.2 Å². The normalized spacial score (nSPS) is 11.4. The zero-order valence-electron chi connectivity index (χ0n) is 24.6. The lowest BCUT2D eigenvalue weighted by molar-refractivity contribution is -0.143. The van der Waals surface area contributed by atoms with Gasteiger partial charge in [0.25, 0.3) is 0 Å². The number of anilines is 1. The number of aromatic nitrogens is 1. The average molecular weight is 673 g/mol. The molecular weight excluding hydrogens is 641 g/mol. The molecule has 0 bridgehead atoms. The van der Waals surface area contributed by atoms with Crippen LogP contribution in [0.3, 0.4) is 0 Å². The number of rotatable bonds is 21. The molecule has 0 atom stereocenters. The molecular formula is C26H31F3N8O10. The number of amides is 1. The zero-order chi connectivity index (χ0) is 35.1. The average Bonchev–Trinajstić information content (AvgIpc) is 2.94. The van der Waals surface area contributed by atoms with Crippen molar-refractivity contribution in [2.75, 3.05) is 77.4 Å². The summed E-state index contributed by atoms with van der Waals surface area (Å²) in [6.45, 7) is -3.88. The molecule has 0 aliphatic heterocycles. The minimum Gasteiger partial charge on any atom is -0.480 e. The third-order valence-corrected chi connectivity index (χ3v) is 6.15. The number of carbonyl (C=O) groups is 5. The van der Waals surface area contributed by atoms with Crippen LogP contribution in [0.4, 0.5) is 18.9 Å². The Labute approximate surface area is 263 Å². The molecule has 0 aliphatic carbocycles. The van der Waals surface area contributed by atoms with Gasteiger partial charge in [0.1, 0.15) is 0 Å². The maximum absolute atomic E-state index is 13.7. The number of pyridine rings is 1. The van der Waals surface area contributed by atoms with Crippen molar-refractivity contribution in [1.82, 2.24) is 19.7 Å². The van der Waals surface area contributed by atoms with Gasteiger partial charge in [-0.25, -0.2) is 4.98 Å². The van der Waals surface area contributed by atoms with Crippen molar-refractivity contribution < 1.29 is 62.3 Å². The van der Waals surface area contributed by atoms with Crippen LogP contribution in [0.5, 0.6) is 5.88 Å². The molecule has 2 rings (SSSR count). The molecule has 1 heterocycles. The summed E-state index contributed by atoms with van der Waals surface area (Å²) in [5.41, 5.74) is 7.11. The van der Waals surface area contributed by atoms with Gasteiger partial charge in [0.2, 0.25) is 11.8 Å². The number of hydrogen-bond donors (Lipinski definition) is 5. The molecule has 2 aromatic rings. The first-order valence-electron chi connectivity index (χ1n) is 13.6. The van der Waals surface area contributed by atoms with Crippen molar-refractivity contribution in [1.29, 1.82) is 0 Å². The third kappa shape index (κ3) is 14.2. The smallest absolute Gasteiger partial charge is 0.417 e. The van der Waals surface area contributed by atoms with Crippen LogP contribution < -0.4 is 10.1 Å². The van der Waals surface area contributed by atoms with E-state index in [2.05, 4.69) is 20.3 Å². The molecule has 0 saturated heterocycles. The highest BCUT2D eigenvalue weighted by atomic mass is 19.4. The number of carboxylic acid groups (broad SMARTS) is 4. The van der Waals surface area contributed by atoms with Crippen molar-refractivity contribution in [3.05, 3.63) is 40.3 Å². The van der Waals surface area contributed by atoms with E-state index in [0.29, 0.717) is 6.07 Å². The Hall–Kier alpha value is -5.24. The molecule has 47 heavy (non-hydrogen) atoms. The molecule has 1 aromatic heterocycles. The van der Waals surface area contributed by atoms with Gasteiger partial charge >= 0.3 is 30.1 Å². The molecule has 0 unspecified atom stereocenters. The number of fused-ring (bicyclic) bond motifs is 1. The van der Waals surface area contributed by atoms with Crippen molar-refractivity contribution in [3.8, 4) is 5.88 Å². The predicted molar refractivity (Wildman–Crippen MR) is 155 cm³/mol. The van der Waals surface area contributed by atoms with Crippen molar-refractivity contribution >= 4 is 46.4 Å². The summed E-state index contributed by atoms with van der Waals surface area (Å²) in [5, 5.41) is 42.0. The predicted octanol–water partition coefficient (Wildman–Crippen LogP) is 1.13. The molecule has 0 aliphatic rings. The Morgan fingerprint density at radius 3 is 1.85 bits per heavy atom. The minimum atomic E-state index is -4.79. The molecule has 1 aromatic carbocycles. The summed E-state index contributed by atoms with van der Waals surface area (Å²) in [7, 11) is 0. The van der Waals surface area contributed by atoms with Crippen LogP contribution in [0.2, 0.25) is 0 Å². The first-order valence-corrected chi connectivity index (χ1v) is 13.6. The van der Waals surface area contributed by atoms with E-state index in [-0.39, 0.29) is 55.9 Å². The summed E-state index contributed by atoms with van der Waals surface area (Å²) in [6.07, 6.45) is -4.79. The van der Waals surface area contributed by atoms with E-state index in [9.17, 15) is 47.4 Å². The van der Waals surface area contributed by atoms with Gasteiger partial charge in [-0.15, -0.1) is 0 Å². The summed E-state index contributed by atoms with van der Waals surface area (Å²) in [4.78, 5) is 67.9. The molecule has 0 fully saturated rings. The van der Waals surface area contributed by atoms with Crippen LogP contribution in [-0.4, -0.2) is 142 Å². The summed E-state index contributed by atoms with van der Waals surface area (Å²) >= 11 is 0. The third-order valence-electron chi connectivity index (χ3n) is 6.15. The Bertz CT molecular complexity index is 1490. The minimum absolute atomic E-state index is 0.0223. The molecule has 18 nitrogen and oxygen atoms in total. The lowest BCUT2D eigenvalue weighted by atomic mass is 10.1. The monoisotopic (exact) mass is 672 g/mol. The maximum Gasteiger partial charge on any atom is 0.417 e. The number of hydrogen-bond acceptors (Lipinski definition) is 11. The van der Waals surface area contributed by atoms with Crippen LogP contribution in [0.25, 0.3) is 21.3 Å². The van der Waals surface area contributed by atoms with Crippen LogP contribution in [0, 0.1) is 0 Å². The van der Waals surface area contributed by atoms with E-state index < -0.39 is 80.1 Å². The number of ether oxygens (including phenoxy) is 1. The molecule has 1 amide bonds. The number of nitrogens with zero attached hydrogens (tertiary/aromatic N) is 7. The van der Waals surface area contributed by atoms with Gasteiger partial charge in [0, 0.05) is 48.2 Å². The number of nitrogens with one attached hydrogen (secondary N) is 1. The SMILES string of the molecule is [N-]=[N+]=NCCOc1cc(C(F)(F)F)c2ccc(NC(=O)CN(CCN(CCN(CC(=O)O)CC(=O)O)CC(=O)O)CC(=O)O)cc2n1. The molecule has 0 saturated carbocycles. The fourth-order valence-electron chi connectivity index (χ4n) is 4.26. The Kier molecular flexibility index (Phi) is 14.6. The Morgan fingerprint density at radius 1 is 0.830 bits per heavy atom. The van der Waals surface area contributed by atoms with E-state index >= 15 is 0 Å². The topological polar surface area (TPSA) is 259 Å². The van der Waals surface area contributed by atoms with Crippen molar-refractivity contribution in [3.63, 3.8) is 0 Å². The number of azide groups is 1. The second kappa shape index (κ2) is 18.0. The summed E-state index contributed by atoms with van der Waals surface area (Å²) in [6, 6.07) is 4.11. The number of carbonyl (C=O) groups excluding carboxylic acids is 1. The number of aliphatic carboxylic acids is 4. The summed E-state index contributed by atoms with van der Waals surface area (Å²) < 4.78 is 46.4. The maximum atomic E-state index is 13.7. The van der Waals surface area contributed by atoms with Gasteiger partial charge in [0.05, 0.1) is 57.0 Å². The highest BCUT2D eigenvalue weighted by Gasteiger charge is 2.34. The molecule has 256 valence electrons. The number of carboxylic acids is 4. The van der Waals surface area contributed by atoms with Gasteiger partial charge in [-0.05, 0) is 17.7 Å².